The van der Waals surface area contributed by atoms with Gasteiger partial charge in [-0.05, 0) is 37.3 Å². The fourth-order valence-corrected chi connectivity index (χ4v) is 2.80. The average Bonchev–Trinajstić information content (AvgIpc) is 2.77. The summed E-state index contributed by atoms with van der Waals surface area (Å²) in [5.41, 5.74) is 4.03. The summed E-state index contributed by atoms with van der Waals surface area (Å²) < 4.78 is 5.52. The number of aromatic amines is 1. The number of hydrogen-bond acceptors (Lipinski definition) is 2. The minimum Gasteiger partial charge on any atom is -0.330 e. The van der Waals surface area contributed by atoms with Crippen molar-refractivity contribution in [3.63, 3.8) is 0 Å². The first kappa shape index (κ1) is 11.7. The van der Waals surface area contributed by atoms with Crippen molar-refractivity contribution in [3.8, 4) is 5.69 Å². The van der Waals surface area contributed by atoms with E-state index in [-0.39, 0.29) is 0 Å². The highest BCUT2D eigenvalue weighted by Crippen LogP contribution is 2.24. The minimum absolute atomic E-state index is 0.680. The van der Waals surface area contributed by atoms with Gasteiger partial charge in [0, 0.05) is 17.7 Å². The molecule has 1 N–H and O–H groups in total. The Kier molecular flexibility index (Phi) is 2.64. The van der Waals surface area contributed by atoms with Crippen molar-refractivity contribution in [2.24, 2.45) is 7.05 Å². The summed E-state index contributed by atoms with van der Waals surface area (Å²) in [5, 5.41) is 4.36. The topological polar surface area (TPSA) is 38.5 Å². The van der Waals surface area contributed by atoms with Crippen molar-refractivity contribution in [1.29, 1.82) is 0 Å². The summed E-state index contributed by atoms with van der Waals surface area (Å²) in [6.07, 6.45) is 1.97. The van der Waals surface area contributed by atoms with Crippen LogP contribution in [-0.4, -0.2) is 19.3 Å². The molecule has 92 valence electrons. The summed E-state index contributed by atoms with van der Waals surface area (Å²) >= 11 is 8.86. The third kappa shape index (κ3) is 1.72. The Balaban J connectivity index is 2.39. The number of halogens is 1. The normalized spacial score (nSPS) is 11.3. The van der Waals surface area contributed by atoms with Gasteiger partial charge in [-0.3, -0.25) is 9.25 Å². The molecule has 0 amide bonds. The second-order valence-corrected chi connectivity index (χ2v) is 5.50. The molecule has 2 aromatic heterocycles. The molecule has 1 aromatic carbocycles. The Morgan fingerprint density at radius 3 is 2.83 bits per heavy atom. The van der Waals surface area contributed by atoms with Gasteiger partial charge in [-0.15, -0.1) is 0 Å². The molecule has 0 atom stereocenters. The molecule has 2 heterocycles. The van der Waals surface area contributed by atoms with Gasteiger partial charge in [-0.25, -0.2) is 0 Å². The molecule has 0 spiro atoms. The standard InChI is InChI=1S/C12H11BrN4S/c1-7-11(6-16(2)15-7)17-10-4-3-8(13)5-9(10)14-12(17)18/h3-6H,1-2H3,(H,14,18). The second-order valence-electron chi connectivity index (χ2n) is 4.20. The fraction of sp³-hybridized carbons (Fsp3) is 0.167. The molecule has 0 aliphatic carbocycles. The number of nitrogens with one attached hydrogen (secondary N) is 1. The van der Waals surface area contributed by atoms with E-state index in [0.717, 1.165) is 26.9 Å². The van der Waals surface area contributed by atoms with Crippen LogP contribution in [0.4, 0.5) is 0 Å². The number of H-pyrrole nitrogens is 1. The molecule has 3 aromatic rings. The predicted molar refractivity (Wildman–Crippen MR) is 77.7 cm³/mol. The summed E-state index contributed by atoms with van der Waals surface area (Å²) in [5.74, 6) is 0. The molecule has 0 fully saturated rings. The molecular formula is C12H11BrN4S. The molecular weight excluding hydrogens is 312 g/mol. The SMILES string of the molecule is Cc1nn(C)cc1-n1c(=S)[nH]c2cc(Br)ccc21. The van der Waals surface area contributed by atoms with Gasteiger partial charge in [-0.2, -0.15) is 5.10 Å². The number of fused-ring (bicyclic) bond motifs is 1. The van der Waals surface area contributed by atoms with Gasteiger partial charge >= 0.3 is 0 Å². The van der Waals surface area contributed by atoms with Crippen LogP contribution in [0.3, 0.4) is 0 Å². The Bertz CT molecular complexity index is 796. The lowest BCUT2D eigenvalue weighted by molar-refractivity contribution is 0.756. The van der Waals surface area contributed by atoms with Crippen LogP contribution in [-0.2, 0) is 7.05 Å². The lowest BCUT2D eigenvalue weighted by Gasteiger charge is -2.01. The van der Waals surface area contributed by atoms with E-state index in [2.05, 4.69) is 26.0 Å². The summed E-state index contributed by atoms with van der Waals surface area (Å²) in [6, 6.07) is 6.07. The molecule has 0 radical (unpaired) electrons. The summed E-state index contributed by atoms with van der Waals surface area (Å²) in [4.78, 5) is 3.21. The van der Waals surface area contributed by atoms with Gasteiger partial charge in [0.2, 0.25) is 0 Å². The number of nitrogens with zero attached hydrogens (tertiary/aromatic N) is 3. The van der Waals surface area contributed by atoms with Crippen LogP contribution in [0.25, 0.3) is 16.7 Å². The van der Waals surface area contributed by atoms with Crippen LogP contribution >= 0.6 is 28.1 Å². The molecule has 6 heteroatoms. The number of benzene rings is 1. The zero-order valence-electron chi connectivity index (χ0n) is 9.94. The number of aromatic nitrogens is 4. The largest absolute Gasteiger partial charge is 0.330 e. The molecule has 0 bridgehead atoms. The van der Waals surface area contributed by atoms with E-state index < -0.39 is 0 Å². The first-order chi connectivity index (χ1) is 8.56. The van der Waals surface area contributed by atoms with E-state index in [9.17, 15) is 0 Å². The van der Waals surface area contributed by atoms with Crippen LogP contribution in [0.5, 0.6) is 0 Å². The molecule has 3 rings (SSSR count). The zero-order valence-corrected chi connectivity index (χ0v) is 12.3. The van der Waals surface area contributed by atoms with E-state index in [4.69, 9.17) is 12.2 Å². The third-order valence-corrected chi connectivity index (χ3v) is 3.65. The van der Waals surface area contributed by atoms with E-state index >= 15 is 0 Å². The van der Waals surface area contributed by atoms with Crippen LogP contribution in [0.15, 0.2) is 28.9 Å². The molecule has 0 aliphatic rings. The Morgan fingerprint density at radius 1 is 1.39 bits per heavy atom. The lowest BCUT2D eigenvalue weighted by atomic mass is 10.3. The van der Waals surface area contributed by atoms with Crippen LogP contribution in [0.2, 0.25) is 0 Å². The highest BCUT2D eigenvalue weighted by molar-refractivity contribution is 9.10. The van der Waals surface area contributed by atoms with Gasteiger partial charge < -0.3 is 4.98 Å². The Labute approximate surface area is 117 Å². The van der Waals surface area contributed by atoms with E-state index in [1.165, 1.54) is 0 Å². The van der Waals surface area contributed by atoms with E-state index in [1.54, 1.807) is 4.68 Å². The van der Waals surface area contributed by atoms with Crippen molar-refractivity contribution >= 4 is 39.2 Å². The molecule has 18 heavy (non-hydrogen) atoms. The molecule has 0 saturated carbocycles. The summed E-state index contributed by atoms with van der Waals surface area (Å²) in [6.45, 7) is 1.98. The minimum atomic E-state index is 0.680. The van der Waals surface area contributed by atoms with Crippen molar-refractivity contribution < 1.29 is 0 Å². The highest BCUT2D eigenvalue weighted by Gasteiger charge is 2.11. The zero-order chi connectivity index (χ0) is 12.9. The van der Waals surface area contributed by atoms with E-state index in [0.29, 0.717) is 4.77 Å². The highest BCUT2D eigenvalue weighted by atomic mass is 79.9. The van der Waals surface area contributed by atoms with Crippen molar-refractivity contribution in [2.45, 2.75) is 6.92 Å². The quantitative estimate of drug-likeness (QED) is 0.696. The predicted octanol–water partition coefficient (Wildman–Crippen LogP) is 3.49. The maximum absolute atomic E-state index is 5.40. The van der Waals surface area contributed by atoms with Crippen LogP contribution < -0.4 is 0 Å². The van der Waals surface area contributed by atoms with Gasteiger partial charge in [0.1, 0.15) is 0 Å². The monoisotopic (exact) mass is 322 g/mol. The lowest BCUT2D eigenvalue weighted by Crippen LogP contribution is -1.94. The fourth-order valence-electron chi connectivity index (χ4n) is 2.13. The smallest absolute Gasteiger partial charge is 0.182 e. The van der Waals surface area contributed by atoms with Crippen molar-refractivity contribution in [1.82, 2.24) is 19.3 Å². The second kappa shape index (κ2) is 4.07. The van der Waals surface area contributed by atoms with Crippen molar-refractivity contribution in [2.75, 3.05) is 0 Å². The number of aryl methyl sites for hydroxylation is 2. The van der Waals surface area contributed by atoms with Crippen LogP contribution in [0.1, 0.15) is 5.69 Å². The Hall–Kier alpha value is -1.40. The third-order valence-electron chi connectivity index (χ3n) is 2.87. The van der Waals surface area contributed by atoms with E-state index in [1.807, 2.05) is 42.9 Å². The number of imidazole rings is 1. The molecule has 0 aliphatic heterocycles. The first-order valence-corrected chi connectivity index (χ1v) is 6.67. The van der Waals surface area contributed by atoms with Crippen LogP contribution in [0, 0.1) is 11.7 Å². The average molecular weight is 323 g/mol. The van der Waals surface area contributed by atoms with Crippen molar-refractivity contribution in [3.05, 3.63) is 39.3 Å². The molecule has 0 saturated heterocycles. The Morgan fingerprint density at radius 2 is 2.17 bits per heavy atom. The van der Waals surface area contributed by atoms with Gasteiger partial charge in [0.15, 0.2) is 4.77 Å². The van der Waals surface area contributed by atoms with Gasteiger partial charge in [0.05, 0.1) is 22.4 Å². The number of rotatable bonds is 1. The summed E-state index contributed by atoms with van der Waals surface area (Å²) in [7, 11) is 1.91. The maximum Gasteiger partial charge on any atom is 0.182 e. The molecule has 0 unspecified atom stereocenters. The van der Waals surface area contributed by atoms with Gasteiger partial charge in [-0.1, -0.05) is 15.9 Å². The maximum atomic E-state index is 5.40. The molecule has 4 nitrogen and oxygen atoms in total. The van der Waals surface area contributed by atoms with Gasteiger partial charge in [0.25, 0.3) is 0 Å². The first-order valence-electron chi connectivity index (χ1n) is 5.47. The number of hydrogen-bond donors (Lipinski definition) is 1.